The van der Waals surface area contributed by atoms with Crippen LogP contribution >= 0.6 is 0 Å². The molecule has 0 fully saturated rings. The Morgan fingerprint density at radius 2 is 2.06 bits per heavy atom. The predicted molar refractivity (Wildman–Crippen MR) is 70.7 cm³/mol. The molecular formula is C14H21NO3. The Morgan fingerprint density at radius 3 is 2.61 bits per heavy atom. The first-order chi connectivity index (χ1) is 8.35. The van der Waals surface area contributed by atoms with Gasteiger partial charge in [-0.25, -0.2) is 0 Å². The quantitative estimate of drug-likeness (QED) is 0.748. The number of rotatable bonds is 5. The van der Waals surface area contributed by atoms with E-state index in [1.165, 1.54) is 0 Å². The zero-order valence-electron chi connectivity index (χ0n) is 11.2. The fourth-order valence-corrected chi connectivity index (χ4v) is 1.64. The van der Waals surface area contributed by atoms with Gasteiger partial charge in [0.2, 0.25) is 0 Å². The Labute approximate surface area is 108 Å². The minimum atomic E-state index is -0.293. The molecule has 0 aliphatic rings. The first-order valence-electron chi connectivity index (χ1n) is 6.04. The average molecular weight is 251 g/mol. The third-order valence-corrected chi connectivity index (χ3v) is 2.91. The molecule has 1 aromatic carbocycles. The van der Waals surface area contributed by atoms with E-state index in [-0.39, 0.29) is 29.2 Å². The smallest absolute Gasteiger partial charge is 0.255 e. The molecule has 0 aliphatic carbocycles. The van der Waals surface area contributed by atoms with Crippen molar-refractivity contribution in [3.05, 3.63) is 29.3 Å². The number of hydrogen-bond acceptors (Lipinski definition) is 3. The number of aliphatic hydroxyl groups excluding tert-OH is 1. The fourth-order valence-electron chi connectivity index (χ4n) is 1.64. The molecular weight excluding hydrogens is 230 g/mol. The van der Waals surface area contributed by atoms with Crippen molar-refractivity contribution in [2.45, 2.75) is 27.2 Å². The number of aryl methyl sites for hydroxylation is 1. The van der Waals surface area contributed by atoms with Gasteiger partial charge in [-0.2, -0.15) is 0 Å². The van der Waals surface area contributed by atoms with E-state index < -0.39 is 0 Å². The highest BCUT2D eigenvalue weighted by atomic mass is 16.3. The van der Waals surface area contributed by atoms with Gasteiger partial charge >= 0.3 is 0 Å². The zero-order valence-corrected chi connectivity index (χ0v) is 11.2. The van der Waals surface area contributed by atoms with E-state index in [0.717, 1.165) is 5.56 Å². The van der Waals surface area contributed by atoms with Gasteiger partial charge in [0.25, 0.3) is 5.91 Å². The molecule has 0 radical (unpaired) electrons. The van der Waals surface area contributed by atoms with Gasteiger partial charge in [0, 0.05) is 13.2 Å². The number of aliphatic hydroxyl groups is 1. The minimum absolute atomic E-state index is 0.00698. The maximum atomic E-state index is 11.9. The van der Waals surface area contributed by atoms with Gasteiger partial charge in [-0.1, -0.05) is 19.9 Å². The van der Waals surface area contributed by atoms with Crippen LogP contribution in [0.4, 0.5) is 0 Å². The van der Waals surface area contributed by atoms with E-state index in [0.29, 0.717) is 13.0 Å². The van der Waals surface area contributed by atoms with Gasteiger partial charge in [0.1, 0.15) is 5.75 Å². The minimum Gasteiger partial charge on any atom is -0.507 e. The first kappa shape index (κ1) is 14.5. The van der Waals surface area contributed by atoms with E-state index in [1.54, 1.807) is 18.2 Å². The van der Waals surface area contributed by atoms with Crippen LogP contribution in [0, 0.1) is 12.3 Å². The van der Waals surface area contributed by atoms with Crippen molar-refractivity contribution in [1.82, 2.24) is 5.32 Å². The Bertz CT molecular complexity index is 427. The summed E-state index contributed by atoms with van der Waals surface area (Å²) in [5.74, 6) is -0.300. The lowest BCUT2D eigenvalue weighted by atomic mass is 9.89. The molecule has 4 nitrogen and oxygen atoms in total. The molecule has 0 atom stereocenters. The summed E-state index contributed by atoms with van der Waals surface area (Å²) in [5.41, 5.74) is 1.02. The molecule has 1 aromatic rings. The molecule has 0 saturated heterocycles. The summed E-state index contributed by atoms with van der Waals surface area (Å²) >= 11 is 0. The number of benzene rings is 1. The van der Waals surface area contributed by atoms with E-state index in [4.69, 9.17) is 5.11 Å². The van der Waals surface area contributed by atoms with Crippen LogP contribution in [0.25, 0.3) is 0 Å². The van der Waals surface area contributed by atoms with E-state index in [2.05, 4.69) is 5.32 Å². The first-order valence-corrected chi connectivity index (χ1v) is 6.04. The van der Waals surface area contributed by atoms with Crippen LogP contribution in [0.5, 0.6) is 5.75 Å². The highest BCUT2D eigenvalue weighted by molar-refractivity contribution is 5.96. The largest absolute Gasteiger partial charge is 0.507 e. The Kier molecular flexibility index (Phi) is 4.73. The monoisotopic (exact) mass is 251 g/mol. The van der Waals surface area contributed by atoms with Crippen LogP contribution in [0.15, 0.2) is 18.2 Å². The van der Waals surface area contributed by atoms with Gasteiger partial charge < -0.3 is 15.5 Å². The van der Waals surface area contributed by atoms with Gasteiger partial charge in [-0.15, -0.1) is 0 Å². The zero-order chi connectivity index (χ0) is 13.8. The highest BCUT2D eigenvalue weighted by Crippen LogP contribution is 2.20. The number of carbonyl (C=O) groups excluding carboxylic acids is 1. The third-order valence-electron chi connectivity index (χ3n) is 2.91. The molecule has 0 saturated carbocycles. The highest BCUT2D eigenvalue weighted by Gasteiger charge is 2.19. The van der Waals surface area contributed by atoms with Crippen molar-refractivity contribution in [1.29, 1.82) is 0 Å². The van der Waals surface area contributed by atoms with E-state index in [9.17, 15) is 9.90 Å². The molecule has 4 heteroatoms. The standard InChI is InChI=1S/C14H21NO3/c1-10-4-5-11(12(17)8-10)13(18)15-9-14(2,3)6-7-16/h4-5,8,16-17H,6-7,9H2,1-3H3,(H,15,18). The van der Waals surface area contributed by atoms with Crippen LogP contribution < -0.4 is 5.32 Å². The number of nitrogens with one attached hydrogen (secondary N) is 1. The van der Waals surface area contributed by atoms with Crippen molar-refractivity contribution in [3.63, 3.8) is 0 Å². The Balaban J connectivity index is 2.66. The molecule has 3 N–H and O–H groups in total. The topological polar surface area (TPSA) is 69.6 Å². The van der Waals surface area contributed by atoms with E-state index >= 15 is 0 Å². The lowest BCUT2D eigenvalue weighted by Crippen LogP contribution is -2.34. The van der Waals surface area contributed by atoms with Crippen molar-refractivity contribution in [2.24, 2.45) is 5.41 Å². The normalized spacial score (nSPS) is 11.3. The number of carbonyl (C=O) groups is 1. The fraction of sp³-hybridized carbons (Fsp3) is 0.500. The molecule has 0 bridgehead atoms. The number of phenolic OH excluding ortho intramolecular Hbond substituents is 1. The molecule has 18 heavy (non-hydrogen) atoms. The maximum absolute atomic E-state index is 11.9. The molecule has 100 valence electrons. The Morgan fingerprint density at radius 1 is 1.39 bits per heavy atom. The van der Waals surface area contributed by atoms with Crippen LogP contribution in [0.3, 0.4) is 0 Å². The van der Waals surface area contributed by atoms with Crippen molar-refractivity contribution in [3.8, 4) is 5.75 Å². The van der Waals surface area contributed by atoms with Gasteiger partial charge in [-0.3, -0.25) is 4.79 Å². The lowest BCUT2D eigenvalue weighted by Gasteiger charge is -2.23. The SMILES string of the molecule is Cc1ccc(C(=O)NCC(C)(C)CCO)c(O)c1. The summed E-state index contributed by atoms with van der Waals surface area (Å²) < 4.78 is 0. The van der Waals surface area contributed by atoms with Gasteiger partial charge in [-0.05, 0) is 36.5 Å². The number of hydrogen-bond donors (Lipinski definition) is 3. The molecule has 0 aliphatic heterocycles. The maximum Gasteiger partial charge on any atom is 0.255 e. The molecule has 1 amide bonds. The van der Waals surface area contributed by atoms with Gasteiger partial charge in [0.05, 0.1) is 5.56 Å². The summed E-state index contributed by atoms with van der Waals surface area (Å²) in [6.07, 6.45) is 0.618. The van der Waals surface area contributed by atoms with Crippen LogP contribution in [0.1, 0.15) is 36.2 Å². The second kappa shape index (κ2) is 5.87. The molecule has 0 heterocycles. The number of phenols is 1. The van der Waals surface area contributed by atoms with Crippen molar-refractivity contribution >= 4 is 5.91 Å². The third kappa shape index (κ3) is 4.04. The second-order valence-corrected chi connectivity index (χ2v) is 5.34. The summed E-state index contributed by atoms with van der Waals surface area (Å²) in [7, 11) is 0. The summed E-state index contributed by atoms with van der Waals surface area (Å²) in [6.45, 7) is 6.35. The molecule has 0 aromatic heterocycles. The molecule has 0 unspecified atom stereocenters. The summed E-state index contributed by atoms with van der Waals surface area (Å²) in [5, 5.41) is 21.4. The lowest BCUT2D eigenvalue weighted by molar-refractivity contribution is 0.0925. The molecule has 0 spiro atoms. The van der Waals surface area contributed by atoms with Crippen molar-refractivity contribution in [2.75, 3.05) is 13.2 Å². The predicted octanol–water partition coefficient (Wildman–Crippen LogP) is 1.84. The van der Waals surface area contributed by atoms with Crippen molar-refractivity contribution < 1.29 is 15.0 Å². The van der Waals surface area contributed by atoms with Gasteiger partial charge in [0.15, 0.2) is 0 Å². The summed E-state index contributed by atoms with van der Waals surface area (Å²) in [6, 6.07) is 4.96. The van der Waals surface area contributed by atoms with Crippen LogP contribution in [0.2, 0.25) is 0 Å². The van der Waals surface area contributed by atoms with E-state index in [1.807, 2.05) is 20.8 Å². The molecule has 1 rings (SSSR count). The summed E-state index contributed by atoms with van der Waals surface area (Å²) in [4.78, 5) is 11.9. The second-order valence-electron chi connectivity index (χ2n) is 5.34. The van der Waals surface area contributed by atoms with Crippen LogP contribution in [-0.2, 0) is 0 Å². The average Bonchev–Trinajstić information content (AvgIpc) is 2.26. The van der Waals surface area contributed by atoms with Crippen LogP contribution in [-0.4, -0.2) is 29.3 Å². The number of aromatic hydroxyl groups is 1. The number of amides is 1. The Hall–Kier alpha value is -1.55.